The molecule has 0 saturated heterocycles. The van der Waals surface area contributed by atoms with Gasteiger partial charge in [0.25, 0.3) is 0 Å². The Hall–Kier alpha value is -0.900. The highest BCUT2D eigenvalue weighted by Crippen LogP contribution is 2.37. The third kappa shape index (κ3) is 2.90. The van der Waals surface area contributed by atoms with Gasteiger partial charge in [0.05, 0.1) is 12.7 Å². The Kier molecular flexibility index (Phi) is 4.39. The van der Waals surface area contributed by atoms with Crippen LogP contribution in [0.1, 0.15) is 49.8 Å². The minimum absolute atomic E-state index is 0.205. The van der Waals surface area contributed by atoms with Crippen LogP contribution in [-0.2, 0) is 11.2 Å². The quantitative estimate of drug-likeness (QED) is 0.655. The Morgan fingerprint density at radius 3 is 2.95 bits per heavy atom. The van der Waals surface area contributed by atoms with Crippen LogP contribution in [0.3, 0.4) is 0 Å². The van der Waals surface area contributed by atoms with Crippen molar-refractivity contribution < 1.29 is 4.74 Å². The molecule has 110 valence electrons. The standard InChI is InChI=1S/C17H26N2O/c1-12-6-7-14(10-12)16(19-18)11-17-15-5-3-2-4-13(15)8-9-20-17/h2-5,12,14,16-17,19H,6-11,18H2,1H3. The lowest BCUT2D eigenvalue weighted by atomic mass is 9.88. The summed E-state index contributed by atoms with van der Waals surface area (Å²) in [5.41, 5.74) is 5.87. The summed E-state index contributed by atoms with van der Waals surface area (Å²) in [7, 11) is 0. The lowest BCUT2D eigenvalue weighted by molar-refractivity contribution is 0.0244. The molecule has 0 spiro atoms. The number of ether oxygens (including phenoxy) is 1. The summed E-state index contributed by atoms with van der Waals surface area (Å²) in [6.45, 7) is 3.18. The molecule has 1 aliphatic carbocycles. The van der Waals surface area contributed by atoms with Gasteiger partial charge in [-0.2, -0.15) is 0 Å². The molecule has 0 amide bonds. The predicted molar refractivity (Wildman–Crippen MR) is 81.1 cm³/mol. The summed E-state index contributed by atoms with van der Waals surface area (Å²) in [5, 5.41) is 0. The molecule has 2 aliphatic rings. The van der Waals surface area contributed by atoms with E-state index in [0.717, 1.165) is 25.4 Å². The molecule has 1 aromatic carbocycles. The normalized spacial score (nSPS) is 31.0. The fraction of sp³-hybridized carbons (Fsp3) is 0.647. The first-order valence-electron chi connectivity index (χ1n) is 7.93. The van der Waals surface area contributed by atoms with Crippen LogP contribution in [0.25, 0.3) is 0 Å². The molecule has 3 N–H and O–H groups in total. The zero-order valence-corrected chi connectivity index (χ0v) is 12.3. The maximum Gasteiger partial charge on any atom is 0.0843 e. The molecule has 1 aliphatic heterocycles. The van der Waals surface area contributed by atoms with Crippen molar-refractivity contribution in [1.82, 2.24) is 5.43 Å². The van der Waals surface area contributed by atoms with Crippen LogP contribution in [0.5, 0.6) is 0 Å². The van der Waals surface area contributed by atoms with Gasteiger partial charge in [0, 0.05) is 6.04 Å². The Labute approximate surface area is 121 Å². The van der Waals surface area contributed by atoms with E-state index in [1.165, 1.54) is 30.4 Å². The number of rotatable bonds is 4. The Morgan fingerprint density at radius 1 is 1.35 bits per heavy atom. The summed E-state index contributed by atoms with van der Waals surface area (Å²) in [5.74, 6) is 7.37. The fourth-order valence-corrected chi connectivity index (χ4v) is 3.92. The average molecular weight is 274 g/mol. The number of hydrazine groups is 1. The van der Waals surface area contributed by atoms with Gasteiger partial charge < -0.3 is 4.74 Å². The van der Waals surface area contributed by atoms with E-state index in [9.17, 15) is 0 Å². The molecule has 1 saturated carbocycles. The van der Waals surface area contributed by atoms with E-state index in [-0.39, 0.29) is 6.10 Å². The van der Waals surface area contributed by atoms with E-state index < -0.39 is 0 Å². The molecular formula is C17H26N2O. The van der Waals surface area contributed by atoms with E-state index >= 15 is 0 Å². The maximum atomic E-state index is 6.03. The Morgan fingerprint density at radius 2 is 2.20 bits per heavy atom. The van der Waals surface area contributed by atoms with Gasteiger partial charge in [-0.05, 0) is 48.6 Å². The zero-order chi connectivity index (χ0) is 13.9. The topological polar surface area (TPSA) is 47.3 Å². The van der Waals surface area contributed by atoms with Gasteiger partial charge in [-0.25, -0.2) is 0 Å². The van der Waals surface area contributed by atoms with Crippen LogP contribution in [-0.4, -0.2) is 12.6 Å². The van der Waals surface area contributed by atoms with Gasteiger partial charge in [0.2, 0.25) is 0 Å². The molecule has 3 rings (SSSR count). The third-order valence-electron chi connectivity index (χ3n) is 5.08. The van der Waals surface area contributed by atoms with Crippen LogP contribution >= 0.6 is 0 Å². The highest BCUT2D eigenvalue weighted by molar-refractivity contribution is 5.31. The molecule has 0 aromatic heterocycles. The molecule has 1 heterocycles. The van der Waals surface area contributed by atoms with Crippen molar-refractivity contribution in [3.63, 3.8) is 0 Å². The van der Waals surface area contributed by atoms with E-state index in [1.807, 2.05) is 0 Å². The molecular weight excluding hydrogens is 248 g/mol. The Balaban J connectivity index is 1.70. The second kappa shape index (κ2) is 6.25. The predicted octanol–water partition coefficient (Wildman–Crippen LogP) is 2.96. The minimum Gasteiger partial charge on any atom is -0.373 e. The number of hydrogen-bond donors (Lipinski definition) is 2. The van der Waals surface area contributed by atoms with E-state index in [2.05, 4.69) is 36.6 Å². The minimum atomic E-state index is 0.205. The van der Waals surface area contributed by atoms with Gasteiger partial charge in [-0.3, -0.25) is 11.3 Å². The number of fused-ring (bicyclic) bond motifs is 1. The van der Waals surface area contributed by atoms with E-state index in [0.29, 0.717) is 12.0 Å². The first-order valence-corrected chi connectivity index (χ1v) is 7.93. The van der Waals surface area contributed by atoms with Crippen molar-refractivity contribution >= 4 is 0 Å². The summed E-state index contributed by atoms with van der Waals surface area (Å²) < 4.78 is 6.03. The first-order chi connectivity index (χ1) is 9.78. The Bertz CT molecular complexity index is 448. The van der Waals surface area contributed by atoms with Crippen LogP contribution in [0, 0.1) is 11.8 Å². The van der Waals surface area contributed by atoms with Crippen LogP contribution in [0.15, 0.2) is 24.3 Å². The zero-order valence-electron chi connectivity index (χ0n) is 12.3. The number of nitrogens with one attached hydrogen (secondary N) is 1. The van der Waals surface area contributed by atoms with Crippen molar-refractivity contribution in [2.24, 2.45) is 17.7 Å². The SMILES string of the molecule is CC1CCC(C(CC2OCCc3ccccc32)NN)C1. The van der Waals surface area contributed by atoms with Gasteiger partial charge in [0.15, 0.2) is 0 Å². The highest BCUT2D eigenvalue weighted by atomic mass is 16.5. The second-order valence-electron chi connectivity index (χ2n) is 6.50. The van der Waals surface area contributed by atoms with Crippen molar-refractivity contribution in [2.45, 2.75) is 51.2 Å². The van der Waals surface area contributed by atoms with E-state index in [1.54, 1.807) is 0 Å². The third-order valence-corrected chi connectivity index (χ3v) is 5.08. The molecule has 0 bridgehead atoms. The summed E-state index contributed by atoms with van der Waals surface area (Å²) in [6, 6.07) is 9.05. The largest absolute Gasteiger partial charge is 0.373 e. The number of nitrogens with two attached hydrogens (primary N) is 1. The fourth-order valence-electron chi connectivity index (χ4n) is 3.92. The molecule has 20 heavy (non-hydrogen) atoms. The van der Waals surface area contributed by atoms with E-state index in [4.69, 9.17) is 10.6 Å². The van der Waals surface area contributed by atoms with Crippen LogP contribution in [0.4, 0.5) is 0 Å². The molecule has 1 aromatic rings. The number of benzene rings is 1. The molecule has 0 radical (unpaired) electrons. The van der Waals surface area contributed by atoms with Crippen molar-refractivity contribution in [2.75, 3.05) is 6.61 Å². The monoisotopic (exact) mass is 274 g/mol. The molecule has 3 heteroatoms. The lowest BCUT2D eigenvalue weighted by Gasteiger charge is -2.31. The summed E-state index contributed by atoms with van der Waals surface area (Å²) in [4.78, 5) is 0. The summed E-state index contributed by atoms with van der Waals surface area (Å²) in [6.07, 6.45) is 6.16. The highest BCUT2D eigenvalue weighted by Gasteiger charge is 2.31. The first kappa shape index (κ1) is 14.1. The van der Waals surface area contributed by atoms with Crippen LogP contribution in [0.2, 0.25) is 0 Å². The van der Waals surface area contributed by atoms with Gasteiger partial charge in [-0.15, -0.1) is 0 Å². The maximum absolute atomic E-state index is 6.03. The van der Waals surface area contributed by atoms with Crippen molar-refractivity contribution in [1.29, 1.82) is 0 Å². The van der Waals surface area contributed by atoms with Gasteiger partial charge in [0.1, 0.15) is 0 Å². The van der Waals surface area contributed by atoms with Gasteiger partial charge >= 0.3 is 0 Å². The summed E-state index contributed by atoms with van der Waals surface area (Å²) >= 11 is 0. The second-order valence-corrected chi connectivity index (χ2v) is 6.50. The van der Waals surface area contributed by atoms with Crippen molar-refractivity contribution in [3.8, 4) is 0 Å². The van der Waals surface area contributed by atoms with Crippen molar-refractivity contribution in [3.05, 3.63) is 35.4 Å². The molecule has 1 fully saturated rings. The number of hydrogen-bond acceptors (Lipinski definition) is 3. The van der Waals surface area contributed by atoms with Gasteiger partial charge in [-0.1, -0.05) is 37.6 Å². The molecule has 4 atom stereocenters. The smallest absolute Gasteiger partial charge is 0.0843 e. The van der Waals surface area contributed by atoms with Crippen LogP contribution < -0.4 is 11.3 Å². The average Bonchev–Trinajstić information content (AvgIpc) is 2.91. The molecule has 4 unspecified atom stereocenters. The lowest BCUT2D eigenvalue weighted by Crippen LogP contribution is -2.42. The molecule has 3 nitrogen and oxygen atoms in total.